The summed E-state index contributed by atoms with van der Waals surface area (Å²) in [5.41, 5.74) is 1.63. The lowest BCUT2D eigenvalue weighted by molar-refractivity contribution is -0.0513. The molecule has 0 saturated heterocycles. The monoisotopic (exact) mass is 408 g/mol. The SMILES string of the molecule is CCCN(CCC)C(=O)c1cc(C)cc(C(=O)NCC(O)C(O)COC(C)C)c1. The lowest BCUT2D eigenvalue weighted by atomic mass is 10.0. The Labute approximate surface area is 174 Å². The fourth-order valence-corrected chi connectivity index (χ4v) is 2.91. The van der Waals surface area contributed by atoms with E-state index in [0.717, 1.165) is 18.4 Å². The van der Waals surface area contributed by atoms with Crippen molar-refractivity contribution in [3.05, 3.63) is 34.9 Å². The molecule has 3 N–H and O–H groups in total. The third-order valence-electron chi connectivity index (χ3n) is 4.38. The molecule has 0 aliphatic heterocycles. The molecule has 0 radical (unpaired) electrons. The highest BCUT2D eigenvalue weighted by Crippen LogP contribution is 2.13. The molecule has 0 heterocycles. The van der Waals surface area contributed by atoms with Crippen LogP contribution in [-0.4, -0.2) is 71.5 Å². The first-order valence-electron chi connectivity index (χ1n) is 10.4. The van der Waals surface area contributed by atoms with Gasteiger partial charge in [-0.1, -0.05) is 13.8 Å². The van der Waals surface area contributed by atoms with Crippen LogP contribution in [0.2, 0.25) is 0 Å². The number of hydrogen-bond donors (Lipinski definition) is 3. The maximum absolute atomic E-state index is 12.8. The molecule has 0 spiro atoms. The van der Waals surface area contributed by atoms with E-state index >= 15 is 0 Å². The van der Waals surface area contributed by atoms with Crippen LogP contribution >= 0.6 is 0 Å². The van der Waals surface area contributed by atoms with Crippen molar-refractivity contribution in [2.24, 2.45) is 0 Å². The second-order valence-electron chi connectivity index (χ2n) is 7.61. The van der Waals surface area contributed by atoms with Gasteiger partial charge in [0.05, 0.1) is 18.8 Å². The Hall–Kier alpha value is -1.96. The molecule has 0 fully saturated rings. The summed E-state index contributed by atoms with van der Waals surface area (Å²) in [7, 11) is 0. The maximum atomic E-state index is 12.8. The van der Waals surface area contributed by atoms with Gasteiger partial charge in [0.2, 0.25) is 0 Å². The summed E-state index contributed by atoms with van der Waals surface area (Å²) in [4.78, 5) is 27.2. The number of carbonyl (C=O) groups is 2. The van der Waals surface area contributed by atoms with Crippen molar-refractivity contribution in [2.75, 3.05) is 26.2 Å². The highest BCUT2D eigenvalue weighted by atomic mass is 16.5. The van der Waals surface area contributed by atoms with Crippen LogP contribution in [0.3, 0.4) is 0 Å². The van der Waals surface area contributed by atoms with E-state index in [2.05, 4.69) is 5.32 Å². The quantitative estimate of drug-likeness (QED) is 0.492. The van der Waals surface area contributed by atoms with Crippen LogP contribution in [-0.2, 0) is 4.74 Å². The molecule has 29 heavy (non-hydrogen) atoms. The molecule has 0 aromatic heterocycles. The number of carbonyl (C=O) groups excluding carboxylic acids is 2. The third-order valence-corrected chi connectivity index (χ3v) is 4.38. The summed E-state index contributed by atoms with van der Waals surface area (Å²) in [5.74, 6) is -0.496. The summed E-state index contributed by atoms with van der Waals surface area (Å²) < 4.78 is 5.27. The van der Waals surface area contributed by atoms with Gasteiger partial charge < -0.3 is 25.2 Å². The molecule has 0 aliphatic rings. The Kier molecular flexibility index (Phi) is 10.9. The van der Waals surface area contributed by atoms with Gasteiger partial charge in [-0.2, -0.15) is 0 Å². The van der Waals surface area contributed by atoms with E-state index in [4.69, 9.17) is 4.74 Å². The number of aryl methyl sites for hydroxylation is 1. The molecule has 2 unspecified atom stereocenters. The minimum Gasteiger partial charge on any atom is -0.388 e. The average Bonchev–Trinajstić information content (AvgIpc) is 2.68. The molecule has 2 amide bonds. The molecule has 7 nitrogen and oxygen atoms in total. The molecule has 7 heteroatoms. The Morgan fingerprint density at radius 2 is 1.62 bits per heavy atom. The molecule has 0 saturated carbocycles. The highest BCUT2D eigenvalue weighted by Gasteiger charge is 2.20. The van der Waals surface area contributed by atoms with Crippen LogP contribution in [0.1, 0.15) is 66.8 Å². The van der Waals surface area contributed by atoms with E-state index in [1.165, 1.54) is 0 Å². The molecule has 1 aromatic carbocycles. The molecule has 0 aliphatic carbocycles. The number of nitrogens with one attached hydrogen (secondary N) is 1. The molecule has 1 rings (SSSR count). The highest BCUT2D eigenvalue weighted by molar-refractivity contribution is 6.00. The average molecular weight is 409 g/mol. The standard InChI is InChI=1S/C22H36N2O5/c1-6-8-24(9-7-2)22(28)18-11-16(5)10-17(12-18)21(27)23-13-19(25)20(26)14-29-15(3)4/h10-12,15,19-20,25-26H,6-9,13-14H2,1-5H3,(H,23,27). The predicted molar refractivity (Wildman–Crippen MR) is 113 cm³/mol. The summed E-state index contributed by atoms with van der Waals surface area (Å²) in [6.45, 7) is 10.8. The van der Waals surface area contributed by atoms with E-state index in [0.29, 0.717) is 24.2 Å². The number of rotatable bonds is 12. The van der Waals surface area contributed by atoms with Crippen LogP contribution in [0.25, 0.3) is 0 Å². The minimum absolute atomic E-state index is 0.0114. The number of benzene rings is 1. The van der Waals surface area contributed by atoms with Crippen LogP contribution in [0.4, 0.5) is 0 Å². The van der Waals surface area contributed by atoms with Gasteiger partial charge in [-0.25, -0.2) is 0 Å². The molecule has 1 aromatic rings. The van der Waals surface area contributed by atoms with Gasteiger partial charge in [0, 0.05) is 30.8 Å². The smallest absolute Gasteiger partial charge is 0.253 e. The fraction of sp³-hybridized carbons (Fsp3) is 0.636. The first kappa shape index (κ1) is 25.1. The summed E-state index contributed by atoms with van der Waals surface area (Å²) >= 11 is 0. The van der Waals surface area contributed by atoms with Crippen LogP contribution in [0, 0.1) is 6.92 Å². The Bertz CT molecular complexity index is 657. The van der Waals surface area contributed by atoms with Gasteiger partial charge in [-0.15, -0.1) is 0 Å². The zero-order chi connectivity index (χ0) is 22.0. The topological polar surface area (TPSA) is 99.1 Å². The van der Waals surface area contributed by atoms with Gasteiger partial charge in [0.25, 0.3) is 11.8 Å². The van der Waals surface area contributed by atoms with Crippen LogP contribution < -0.4 is 5.32 Å². The summed E-state index contributed by atoms with van der Waals surface area (Å²) in [6.07, 6.45) is -0.566. The molecule has 164 valence electrons. The van der Waals surface area contributed by atoms with Gasteiger partial charge in [-0.3, -0.25) is 9.59 Å². The molecular formula is C22H36N2O5. The van der Waals surface area contributed by atoms with Gasteiger partial charge in [-0.05, 0) is 57.4 Å². The van der Waals surface area contributed by atoms with Crippen molar-refractivity contribution >= 4 is 11.8 Å². The van der Waals surface area contributed by atoms with Crippen molar-refractivity contribution < 1.29 is 24.5 Å². The molecule has 0 bridgehead atoms. The second-order valence-corrected chi connectivity index (χ2v) is 7.61. The number of nitrogens with zero attached hydrogens (tertiary/aromatic N) is 1. The van der Waals surface area contributed by atoms with E-state index in [-0.39, 0.29) is 25.2 Å². The number of hydrogen-bond acceptors (Lipinski definition) is 5. The van der Waals surface area contributed by atoms with Crippen molar-refractivity contribution in [2.45, 2.75) is 65.8 Å². The zero-order valence-corrected chi connectivity index (χ0v) is 18.3. The molecule has 2 atom stereocenters. The fourth-order valence-electron chi connectivity index (χ4n) is 2.91. The summed E-state index contributed by atoms with van der Waals surface area (Å²) in [5, 5.41) is 22.5. The minimum atomic E-state index is -1.15. The maximum Gasteiger partial charge on any atom is 0.253 e. The van der Waals surface area contributed by atoms with Gasteiger partial charge in [0.15, 0.2) is 0 Å². The number of amides is 2. The molecular weight excluding hydrogens is 372 g/mol. The van der Waals surface area contributed by atoms with E-state index in [1.807, 2.05) is 34.6 Å². The van der Waals surface area contributed by atoms with E-state index in [9.17, 15) is 19.8 Å². The van der Waals surface area contributed by atoms with Crippen molar-refractivity contribution in [3.8, 4) is 0 Å². The predicted octanol–water partition coefficient (Wildman–Crippen LogP) is 2.13. The van der Waals surface area contributed by atoms with Crippen molar-refractivity contribution in [1.82, 2.24) is 10.2 Å². The van der Waals surface area contributed by atoms with E-state index < -0.39 is 18.1 Å². The largest absolute Gasteiger partial charge is 0.388 e. The number of aliphatic hydroxyl groups excluding tert-OH is 2. The Morgan fingerprint density at radius 3 is 2.17 bits per heavy atom. The first-order chi connectivity index (χ1) is 13.7. The first-order valence-corrected chi connectivity index (χ1v) is 10.4. The van der Waals surface area contributed by atoms with Crippen LogP contribution in [0.5, 0.6) is 0 Å². The normalized spacial score (nSPS) is 13.2. The lowest BCUT2D eigenvalue weighted by Gasteiger charge is -2.22. The summed E-state index contributed by atoms with van der Waals surface area (Å²) in [6, 6.07) is 5.05. The third kappa shape index (κ3) is 8.51. The van der Waals surface area contributed by atoms with Crippen LogP contribution in [0.15, 0.2) is 18.2 Å². The Morgan fingerprint density at radius 1 is 1.03 bits per heavy atom. The lowest BCUT2D eigenvalue weighted by Crippen LogP contribution is -2.41. The number of aliphatic hydroxyl groups is 2. The zero-order valence-electron chi connectivity index (χ0n) is 18.3. The van der Waals surface area contributed by atoms with Crippen molar-refractivity contribution in [1.29, 1.82) is 0 Å². The second kappa shape index (κ2) is 12.6. The Balaban J connectivity index is 2.80. The number of ether oxygens (including phenoxy) is 1. The van der Waals surface area contributed by atoms with Crippen molar-refractivity contribution in [3.63, 3.8) is 0 Å². The van der Waals surface area contributed by atoms with Gasteiger partial charge >= 0.3 is 0 Å². The van der Waals surface area contributed by atoms with E-state index in [1.54, 1.807) is 23.1 Å². The van der Waals surface area contributed by atoms with Gasteiger partial charge in [0.1, 0.15) is 6.10 Å².